The lowest BCUT2D eigenvalue weighted by atomic mass is 9.98. The van der Waals surface area contributed by atoms with Crippen molar-refractivity contribution in [2.75, 3.05) is 38.2 Å². The van der Waals surface area contributed by atoms with Crippen molar-refractivity contribution >= 4 is 15.9 Å². The van der Waals surface area contributed by atoms with Crippen LogP contribution in [0.4, 0.5) is 0 Å². The van der Waals surface area contributed by atoms with Gasteiger partial charge < -0.3 is 9.47 Å². The quantitative estimate of drug-likeness (QED) is 0.742. The standard InChI is InChI=1S/C12H22BrNO2/c1-10-9-16-12(6-13)8-14(10)7-11-2-4-15-5-3-11/h10-12H,2-9H2,1H3. The van der Waals surface area contributed by atoms with Crippen LogP contribution in [-0.2, 0) is 9.47 Å². The molecule has 2 saturated heterocycles. The van der Waals surface area contributed by atoms with Crippen LogP contribution < -0.4 is 0 Å². The first-order valence-corrected chi connectivity index (χ1v) is 7.41. The molecule has 2 unspecified atom stereocenters. The van der Waals surface area contributed by atoms with E-state index < -0.39 is 0 Å². The Morgan fingerprint density at radius 3 is 2.75 bits per heavy atom. The first kappa shape index (κ1) is 12.8. The summed E-state index contributed by atoms with van der Waals surface area (Å²) in [6, 6.07) is 0.568. The number of morpholine rings is 1. The van der Waals surface area contributed by atoms with E-state index in [2.05, 4.69) is 27.8 Å². The summed E-state index contributed by atoms with van der Waals surface area (Å²) in [6.45, 7) is 7.33. The molecule has 0 amide bonds. The van der Waals surface area contributed by atoms with Crippen LogP contribution in [0, 0.1) is 5.92 Å². The van der Waals surface area contributed by atoms with Crippen molar-refractivity contribution in [2.24, 2.45) is 5.92 Å². The summed E-state index contributed by atoms with van der Waals surface area (Å²) in [5.74, 6) is 0.824. The maximum atomic E-state index is 5.75. The highest BCUT2D eigenvalue weighted by molar-refractivity contribution is 9.09. The number of hydrogen-bond acceptors (Lipinski definition) is 3. The second-order valence-corrected chi connectivity index (χ2v) is 5.62. The van der Waals surface area contributed by atoms with Gasteiger partial charge in [-0.2, -0.15) is 0 Å². The average molecular weight is 292 g/mol. The average Bonchev–Trinajstić information content (AvgIpc) is 2.33. The van der Waals surface area contributed by atoms with Crippen molar-refractivity contribution in [3.05, 3.63) is 0 Å². The summed E-state index contributed by atoms with van der Waals surface area (Å²) >= 11 is 3.51. The lowest BCUT2D eigenvalue weighted by Gasteiger charge is -2.40. The molecule has 0 bridgehead atoms. The maximum absolute atomic E-state index is 5.75. The van der Waals surface area contributed by atoms with Crippen molar-refractivity contribution in [1.82, 2.24) is 4.90 Å². The zero-order chi connectivity index (χ0) is 11.4. The molecule has 2 aliphatic heterocycles. The minimum atomic E-state index is 0.371. The fraction of sp³-hybridized carbons (Fsp3) is 1.00. The molecule has 0 aliphatic carbocycles. The second kappa shape index (κ2) is 6.34. The molecule has 0 aromatic heterocycles. The molecule has 2 atom stereocenters. The number of ether oxygens (including phenoxy) is 2. The van der Waals surface area contributed by atoms with Crippen LogP contribution in [0.2, 0.25) is 0 Å². The Balaban J connectivity index is 1.81. The van der Waals surface area contributed by atoms with Gasteiger partial charge in [0.1, 0.15) is 0 Å². The van der Waals surface area contributed by atoms with E-state index in [0.29, 0.717) is 12.1 Å². The summed E-state index contributed by atoms with van der Waals surface area (Å²) in [6.07, 6.45) is 2.82. The van der Waals surface area contributed by atoms with E-state index in [4.69, 9.17) is 9.47 Å². The van der Waals surface area contributed by atoms with Gasteiger partial charge in [-0.3, -0.25) is 4.90 Å². The molecule has 0 aromatic carbocycles. The third kappa shape index (κ3) is 3.42. The second-order valence-electron chi connectivity index (χ2n) is 4.97. The van der Waals surface area contributed by atoms with E-state index in [-0.39, 0.29) is 0 Å². The van der Waals surface area contributed by atoms with Gasteiger partial charge in [0, 0.05) is 37.7 Å². The largest absolute Gasteiger partial charge is 0.381 e. The van der Waals surface area contributed by atoms with Crippen molar-refractivity contribution in [2.45, 2.75) is 31.9 Å². The Kier molecular flexibility index (Phi) is 5.07. The van der Waals surface area contributed by atoms with Gasteiger partial charge in [0.05, 0.1) is 12.7 Å². The Morgan fingerprint density at radius 2 is 2.06 bits per heavy atom. The predicted molar refractivity (Wildman–Crippen MR) is 68.1 cm³/mol. The minimum absolute atomic E-state index is 0.371. The molecule has 94 valence electrons. The van der Waals surface area contributed by atoms with E-state index in [1.807, 2.05) is 0 Å². The van der Waals surface area contributed by atoms with Gasteiger partial charge in [-0.15, -0.1) is 0 Å². The molecule has 0 aromatic rings. The molecular weight excluding hydrogens is 270 g/mol. The molecule has 2 rings (SSSR count). The molecule has 3 nitrogen and oxygen atoms in total. The SMILES string of the molecule is CC1COC(CBr)CN1CC1CCOCC1. The Morgan fingerprint density at radius 1 is 1.31 bits per heavy atom. The maximum Gasteiger partial charge on any atom is 0.0799 e. The smallest absolute Gasteiger partial charge is 0.0799 e. The highest BCUT2D eigenvalue weighted by atomic mass is 79.9. The molecule has 0 radical (unpaired) electrons. The van der Waals surface area contributed by atoms with E-state index in [0.717, 1.165) is 37.6 Å². The van der Waals surface area contributed by atoms with Crippen molar-refractivity contribution in [1.29, 1.82) is 0 Å². The number of hydrogen-bond donors (Lipinski definition) is 0. The predicted octanol–water partition coefficient (Wildman–Crippen LogP) is 1.90. The molecule has 2 aliphatic rings. The minimum Gasteiger partial charge on any atom is -0.381 e. The highest BCUT2D eigenvalue weighted by Gasteiger charge is 2.27. The first-order chi connectivity index (χ1) is 7.79. The van der Waals surface area contributed by atoms with Gasteiger partial charge in [0.25, 0.3) is 0 Å². The molecule has 0 N–H and O–H groups in total. The van der Waals surface area contributed by atoms with Crippen molar-refractivity contribution in [3.63, 3.8) is 0 Å². The topological polar surface area (TPSA) is 21.7 Å². The van der Waals surface area contributed by atoms with Crippen LogP contribution in [0.15, 0.2) is 0 Å². The van der Waals surface area contributed by atoms with E-state index in [9.17, 15) is 0 Å². The number of rotatable bonds is 3. The van der Waals surface area contributed by atoms with Gasteiger partial charge >= 0.3 is 0 Å². The molecule has 16 heavy (non-hydrogen) atoms. The Hall–Kier alpha value is 0.360. The van der Waals surface area contributed by atoms with Crippen LogP contribution in [0.1, 0.15) is 19.8 Å². The molecular formula is C12H22BrNO2. The summed E-state index contributed by atoms with van der Waals surface area (Å²) < 4.78 is 11.2. The Labute approximate surface area is 107 Å². The van der Waals surface area contributed by atoms with Crippen LogP contribution in [0.3, 0.4) is 0 Å². The third-order valence-electron chi connectivity index (χ3n) is 3.64. The van der Waals surface area contributed by atoms with E-state index >= 15 is 0 Å². The zero-order valence-corrected chi connectivity index (χ0v) is 11.6. The highest BCUT2D eigenvalue weighted by Crippen LogP contribution is 2.20. The van der Waals surface area contributed by atoms with Crippen LogP contribution >= 0.6 is 15.9 Å². The fourth-order valence-electron chi connectivity index (χ4n) is 2.48. The van der Waals surface area contributed by atoms with Crippen LogP contribution in [0.25, 0.3) is 0 Å². The van der Waals surface area contributed by atoms with E-state index in [1.165, 1.54) is 19.4 Å². The number of nitrogens with zero attached hydrogens (tertiary/aromatic N) is 1. The molecule has 2 heterocycles. The van der Waals surface area contributed by atoms with Crippen molar-refractivity contribution in [3.8, 4) is 0 Å². The third-order valence-corrected chi connectivity index (χ3v) is 4.36. The zero-order valence-electron chi connectivity index (χ0n) is 10.0. The molecule has 0 saturated carbocycles. The van der Waals surface area contributed by atoms with Crippen molar-refractivity contribution < 1.29 is 9.47 Å². The van der Waals surface area contributed by atoms with Crippen LogP contribution in [-0.4, -0.2) is 55.3 Å². The normalized spacial score (nSPS) is 34.1. The fourth-order valence-corrected chi connectivity index (χ4v) is 2.88. The molecule has 2 fully saturated rings. The van der Waals surface area contributed by atoms with Gasteiger partial charge in [-0.25, -0.2) is 0 Å². The summed E-state index contributed by atoms with van der Waals surface area (Å²) in [4.78, 5) is 2.59. The number of halogens is 1. The van der Waals surface area contributed by atoms with Gasteiger partial charge in [0.15, 0.2) is 0 Å². The molecule has 0 spiro atoms. The molecule has 4 heteroatoms. The van der Waals surface area contributed by atoms with Gasteiger partial charge in [0.2, 0.25) is 0 Å². The lowest BCUT2D eigenvalue weighted by Crippen LogP contribution is -2.50. The first-order valence-electron chi connectivity index (χ1n) is 6.29. The summed E-state index contributed by atoms with van der Waals surface area (Å²) in [7, 11) is 0. The van der Waals surface area contributed by atoms with E-state index in [1.54, 1.807) is 0 Å². The summed E-state index contributed by atoms with van der Waals surface area (Å²) in [5.41, 5.74) is 0. The van der Waals surface area contributed by atoms with Gasteiger partial charge in [-0.05, 0) is 25.7 Å². The lowest BCUT2D eigenvalue weighted by molar-refractivity contribution is -0.0577. The monoisotopic (exact) mass is 291 g/mol. The Bertz CT molecular complexity index is 209. The number of alkyl halides is 1. The van der Waals surface area contributed by atoms with Gasteiger partial charge in [-0.1, -0.05) is 15.9 Å². The summed E-state index contributed by atoms with van der Waals surface area (Å²) in [5, 5.41) is 0.948. The van der Waals surface area contributed by atoms with Crippen LogP contribution in [0.5, 0.6) is 0 Å².